The summed E-state index contributed by atoms with van der Waals surface area (Å²) in [5.74, 6) is -0.945. The second kappa shape index (κ2) is 9.54. The van der Waals surface area contributed by atoms with E-state index in [1.165, 1.54) is 38.6 Å². The van der Waals surface area contributed by atoms with Crippen LogP contribution in [0.2, 0.25) is 0 Å². The molecule has 1 unspecified atom stereocenters. The van der Waals surface area contributed by atoms with Crippen LogP contribution in [0.15, 0.2) is 29.6 Å². The van der Waals surface area contributed by atoms with Crippen molar-refractivity contribution in [3.05, 3.63) is 30.1 Å². The number of ether oxygens (including phenoxy) is 4. The average molecular weight is 481 g/mol. The number of halogens is 5. The predicted octanol–water partition coefficient (Wildman–Crippen LogP) is 3.83. The molecule has 0 fully saturated rings. The molecule has 0 spiro atoms. The van der Waals surface area contributed by atoms with E-state index in [-0.39, 0.29) is 50.6 Å². The van der Waals surface area contributed by atoms with Gasteiger partial charge in [0.15, 0.2) is 34.8 Å². The van der Waals surface area contributed by atoms with E-state index in [1.54, 1.807) is 0 Å². The maximum absolute atomic E-state index is 12.8. The topological polar surface area (TPSA) is 95.6 Å². The van der Waals surface area contributed by atoms with E-state index in [0.29, 0.717) is 0 Å². The number of aromatic nitrogens is 3. The van der Waals surface area contributed by atoms with Crippen LogP contribution in [0.25, 0.3) is 11.0 Å². The number of methoxy groups -OCH3 is 2. The first kappa shape index (κ1) is 23.5. The number of aromatic amines is 1. The molecule has 0 aliphatic heterocycles. The Morgan fingerprint density at radius 2 is 1.84 bits per heavy atom. The second-order valence-corrected chi connectivity index (χ2v) is 7.49. The summed E-state index contributed by atoms with van der Waals surface area (Å²) in [6.07, 6.45) is -3.34. The minimum atomic E-state index is -4.60. The smallest absolute Gasteiger partial charge is 0.422 e. The summed E-state index contributed by atoms with van der Waals surface area (Å²) in [6.45, 7) is -4.68. The minimum Gasteiger partial charge on any atom is -0.493 e. The third-order valence-electron chi connectivity index (χ3n) is 3.99. The normalized spacial score (nSPS) is 12.8. The number of hydrogen-bond donors (Lipinski definition) is 1. The lowest BCUT2D eigenvalue weighted by atomic mass is 10.3. The fraction of sp³-hybridized carbons (Fsp3) is 0.333. The molecule has 2 heterocycles. The Hall–Kier alpha value is -3.16. The average Bonchev–Trinajstić information content (AvgIpc) is 3.14. The molecule has 0 radical (unpaired) electrons. The number of H-pyrrole nitrogens is 1. The van der Waals surface area contributed by atoms with Crippen molar-refractivity contribution in [3.63, 3.8) is 0 Å². The van der Waals surface area contributed by atoms with Crippen LogP contribution >= 0.6 is 0 Å². The first-order valence-corrected chi connectivity index (χ1v) is 10.1. The van der Waals surface area contributed by atoms with E-state index in [9.17, 15) is 26.2 Å². The lowest BCUT2D eigenvalue weighted by Gasteiger charge is -2.15. The number of hydrogen-bond acceptors (Lipinski definition) is 7. The Morgan fingerprint density at radius 3 is 2.47 bits per heavy atom. The molecule has 0 aliphatic carbocycles. The van der Waals surface area contributed by atoms with Gasteiger partial charge in [0.25, 0.3) is 0 Å². The molecule has 1 atom stereocenters. The summed E-state index contributed by atoms with van der Waals surface area (Å²) in [5, 5.41) is -0.0670. The van der Waals surface area contributed by atoms with Crippen molar-refractivity contribution in [2.75, 3.05) is 20.8 Å². The number of imidazole rings is 1. The Bertz CT molecular complexity index is 1120. The van der Waals surface area contributed by atoms with Crippen LogP contribution in [0, 0.1) is 0 Å². The van der Waals surface area contributed by atoms with Crippen LogP contribution in [0.4, 0.5) is 22.0 Å². The highest BCUT2D eigenvalue weighted by molar-refractivity contribution is 7.84. The standard InChI is InChI=1S/C18H16F5N3O5S/c1-28-12-3-4-24-11(15(12)30-8-18(21,22)23)7-32(27)17-25-9-5-13(29-2)14(31-16(19)20)6-10(9)26-17/h3-6,16H,7-8H2,1-2H3,(H,25,26). The van der Waals surface area contributed by atoms with Gasteiger partial charge < -0.3 is 23.9 Å². The van der Waals surface area contributed by atoms with Gasteiger partial charge in [-0.1, -0.05) is 0 Å². The molecule has 0 aliphatic rings. The Morgan fingerprint density at radius 1 is 1.12 bits per heavy atom. The zero-order chi connectivity index (χ0) is 23.5. The van der Waals surface area contributed by atoms with Crippen LogP contribution in [0.1, 0.15) is 5.69 Å². The van der Waals surface area contributed by atoms with E-state index >= 15 is 0 Å². The number of benzene rings is 1. The van der Waals surface area contributed by atoms with Gasteiger partial charge in [0.05, 0.1) is 47.5 Å². The van der Waals surface area contributed by atoms with Crippen molar-refractivity contribution < 1.29 is 45.1 Å². The molecule has 2 aromatic heterocycles. The molecule has 1 aromatic carbocycles. The van der Waals surface area contributed by atoms with Crippen LogP contribution in [-0.4, -0.2) is 52.8 Å². The van der Waals surface area contributed by atoms with Crippen LogP contribution in [0.5, 0.6) is 23.0 Å². The summed E-state index contributed by atoms with van der Waals surface area (Å²) in [6, 6.07) is 3.82. The summed E-state index contributed by atoms with van der Waals surface area (Å²) in [4.78, 5) is 10.8. The highest BCUT2D eigenvalue weighted by Crippen LogP contribution is 2.34. The lowest BCUT2D eigenvalue weighted by Crippen LogP contribution is -2.20. The summed E-state index contributed by atoms with van der Waals surface area (Å²) < 4.78 is 95.0. The molecule has 3 rings (SSSR count). The van der Waals surface area contributed by atoms with Gasteiger partial charge in [0, 0.05) is 24.4 Å². The van der Waals surface area contributed by atoms with Crippen LogP contribution in [-0.2, 0) is 16.6 Å². The van der Waals surface area contributed by atoms with Gasteiger partial charge in [-0.2, -0.15) is 22.0 Å². The van der Waals surface area contributed by atoms with Crippen molar-refractivity contribution in [2.45, 2.75) is 23.7 Å². The second-order valence-electron chi connectivity index (χ2n) is 6.12. The minimum absolute atomic E-state index is 0.0145. The van der Waals surface area contributed by atoms with Gasteiger partial charge in [-0.05, 0) is 0 Å². The summed E-state index contributed by atoms with van der Waals surface area (Å²) in [5.41, 5.74) is 0.433. The van der Waals surface area contributed by atoms with E-state index in [4.69, 9.17) is 14.2 Å². The van der Waals surface area contributed by atoms with Crippen molar-refractivity contribution in [1.82, 2.24) is 15.0 Å². The molecule has 174 valence electrons. The summed E-state index contributed by atoms with van der Waals surface area (Å²) in [7, 11) is 0.576. The van der Waals surface area contributed by atoms with Crippen molar-refractivity contribution in [3.8, 4) is 23.0 Å². The number of nitrogens with zero attached hydrogens (tertiary/aromatic N) is 2. The molecule has 1 N–H and O–H groups in total. The first-order valence-electron chi connectivity index (χ1n) is 8.73. The predicted molar refractivity (Wildman–Crippen MR) is 102 cm³/mol. The number of rotatable bonds is 9. The fourth-order valence-electron chi connectivity index (χ4n) is 2.69. The molecular formula is C18H16F5N3O5S. The quantitative estimate of drug-likeness (QED) is 0.464. The van der Waals surface area contributed by atoms with E-state index in [1.807, 2.05) is 0 Å². The molecule has 0 amide bonds. The number of alkyl halides is 5. The van der Waals surface area contributed by atoms with Crippen LogP contribution < -0.4 is 18.9 Å². The van der Waals surface area contributed by atoms with Crippen LogP contribution in [0.3, 0.4) is 0 Å². The Labute approximate surface area is 180 Å². The SMILES string of the molecule is COc1cc2nc(S(=O)Cc3nccc(OC)c3OCC(F)(F)F)[nH]c2cc1OC(F)F. The van der Waals surface area contributed by atoms with E-state index in [0.717, 1.165) is 0 Å². The molecule has 0 saturated carbocycles. The van der Waals surface area contributed by atoms with Crippen molar-refractivity contribution in [2.24, 2.45) is 0 Å². The molecular weight excluding hydrogens is 465 g/mol. The molecule has 0 bridgehead atoms. The molecule has 32 heavy (non-hydrogen) atoms. The van der Waals surface area contributed by atoms with Gasteiger partial charge in [-0.25, -0.2) is 4.98 Å². The zero-order valence-electron chi connectivity index (χ0n) is 16.5. The van der Waals surface area contributed by atoms with Gasteiger partial charge >= 0.3 is 12.8 Å². The van der Waals surface area contributed by atoms with Crippen molar-refractivity contribution >= 4 is 21.8 Å². The maximum atomic E-state index is 12.8. The molecule has 0 saturated heterocycles. The third kappa shape index (κ3) is 5.55. The lowest BCUT2D eigenvalue weighted by molar-refractivity contribution is -0.153. The van der Waals surface area contributed by atoms with E-state index in [2.05, 4.69) is 19.7 Å². The van der Waals surface area contributed by atoms with Crippen molar-refractivity contribution in [1.29, 1.82) is 0 Å². The highest BCUT2D eigenvalue weighted by Gasteiger charge is 2.30. The number of nitrogens with one attached hydrogen (secondary N) is 1. The van der Waals surface area contributed by atoms with E-state index < -0.39 is 30.2 Å². The summed E-state index contributed by atoms with van der Waals surface area (Å²) >= 11 is 0. The number of pyridine rings is 1. The monoisotopic (exact) mass is 481 g/mol. The molecule has 8 nitrogen and oxygen atoms in total. The zero-order valence-corrected chi connectivity index (χ0v) is 17.4. The van der Waals surface area contributed by atoms with Gasteiger partial charge in [0.1, 0.15) is 0 Å². The van der Waals surface area contributed by atoms with Gasteiger partial charge in [0.2, 0.25) is 0 Å². The Balaban J connectivity index is 1.90. The maximum Gasteiger partial charge on any atom is 0.422 e. The third-order valence-corrected chi connectivity index (χ3v) is 5.15. The molecule has 3 aromatic rings. The largest absolute Gasteiger partial charge is 0.493 e. The van der Waals surface area contributed by atoms with Gasteiger partial charge in [-0.15, -0.1) is 0 Å². The highest BCUT2D eigenvalue weighted by atomic mass is 32.2. The molecule has 14 heteroatoms. The number of fused-ring (bicyclic) bond motifs is 1. The van der Waals surface area contributed by atoms with Gasteiger partial charge in [-0.3, -0.25) is 9.19 Å². The Kier molecular flexibility index (Phi) is 7.01. The fourth-order valence-corrected chi connectivity index (χ4v) is 3.70. The first-order chi connectivity index (χ1) is 15.1.